The first-order chi connectivity index (χ1) is 15.7. The lowest BCUT2D eigenvalue weighted by Gasteiger charge is -2.37. The number of phenolic OH excluding ortho intramolecular Hbond substituents is 1. The molecule has 4 N–H and O–H groups in total. The van der Waals surface area contributed by atoms with E-state index in [1.807, 2.05) is 0 Å². The molecule has 1 aromatic carbocycles. The first-order valence-electron chi connectivity index (χ1n) is 10.8. The molecule has 3 amide bonds. The monoisotopic (exact) mass is 481 g/mol. The zero-order valence-corrected chi connectivity index (χ0v) is 20.7. The number of methoxy groups -OCH3 is 1. The largest absolute Gasteiger partial charge is 0.508 e. The van der Waals surface area contributed by atoms with Crippen molar-refractivity contribution in [1.82, 2.24) is 15.5 Å². The Balaban J connectivity index is 3.39. The van der Waals surface area contributed by atoms with Gasteiger partial charge in [-0.15, -0.1) is 0 Å². The standard InChI is InChI=1S/C23H35N3O8/c1-13(2)26(21(31)16(12-27)25-22(32)34-23(4,5)6)19(20(30)24-11-18(29)33-7)15-8-9-17(28)14(3)10-15/h8-10,13,16,19,27-28H,11-12H2,1-7H3,(H,24,30)(H,25,32). The molecule has 0 aliphatic rings. The van der Waals surface area contributed by atoms with Crippen molar-refractivity contribution in [3.63, 3.8) is 0 Å². The molecule has 0 aliphatic carbocycles. The zero-order valence-electron chi connectivity index (χ0n) is 20.7. The molecule has 34 heavy (non-hydrogen) atoms. The lowest BCUT2D eigenvalue weighted by molar-refractivity contribution is -0.146. The van der Waals surface area contributed by atoms with Gasteiger partial charge in [-0.05, 0) is 64.8 Å². The molecule has 11 nitrogen and oxygen atoms in total. The topological polar surface area (TPSA) is 154 Å². The summed E-state index contributed by atoms with van der Waals surface area (Å²) in [6.07, 6.45) is -0.907. The average Bonchev–Trinajstić information content (AvgIpc) is 2.73. The molecule has 2 unspecified atom stereocenters. The van der Waals surface area contributed by atoms with Crippen LogP contribution in [0, 0.1) is 6.92 Å². The second-order valence-electron chi connectivity index (χ2n) is 8.96. The smallest absolute Gasteiger partial charge is 0.408 e. The van der Waals surface area contributed by atoms with Gasteiger partial charge in [0.1, 0.15) is 30.0 Å². The van der Waals surface area contributed by atoms with Gasteiger partial charge in [0, 0.05) is 6.04 Å². The Bertz CT molecular complexity index is 895. The first kappa shape index (κ1) is 28.7. The molecule has 1 aromatic rings. The minimum Gasteiger partial charge on any atom is -0.508 e. The lowest BCUT2D eigenvalue weighted by Crippen LogP contribution is -2.56. The number of amides is 3. The Labute approximate surface area is 199 Å². The summed E-state index contributed by atoms with van der Waals surface area (Å²) in [5.41, 5.74) is -0.0104. The third-order valence-corrected chi connectivity index (χ3v) is 4.68. The Kier molecular flexibility index (Phi) is 10.3. The summed E-state index contributed by atoms with van der Waals surface area (Å²) in [5, 5.41) is 24.5. The van der Waals surface area contributed by atoms with Crippen LogP contribution in [0.1, 0.15) is 51.8 Å². The summed E-state index contributed by atoms with van der Waals surface area (Å²) in [7, 11) is 1.17. The van der Waals surface area contributed by atoms with Crippen molar-refractivity contribution in [2.45, 2.75) is 65.3 Å². The van der Waals surface area contributed by atoms with Crippen LogP contribution in [0.3, 0.4) is 0 Å². The SMILES string of the molecule is COC(=O)CNC(=O)C(c1ccc(O)c(C)c1)N(C(=O)C(CO)NC(=O)OC(C)(C)C)C(C)C. The van der Waals surface area contributed by atoms with E-state index in [1.54, 1.807) is 41.5 Å². The number of alkyl carbamates (subject to hydrolysis) is 1. The number of rotatable bonds is 9. The quantitative estimate of drug-likeness (QED) is 0.383. The highest BCUT2D eigenvalue weighted by Gasteiger charge is 2.38. The van der Waals surface area contributed by atoms with Gasteiger partial charge in [0.25, 0.3) is 0 Å². The molecule has 1 rings (SSSR count). The summed E-state index contributed by atoms with van der Waals surface area (Å²) in [4.78, 5) is 51.6. The molecule has 0 saturated heterocycles. The van der Waals surface area contributed by atoms with Gasteiger partial charge in [-0.25, -0.2) is 4.79 Å². The molecule has 11 heteroatoms. The number of phenols is 1. The van der Waals surface area contributed by atoms with Gasteiger partial charge in [-0.1, -0.05) is 6.07 Å². The van der Waals surface area contributed by atoms with E-state index in [0.717, 1.165) is 0 Å². The summed E-state index contributed by atoms with van der Waals surface area (Å²) >= 11 is 0. The van der Waals surface area contributed by atoms with Crippen molar-refractivity contribution in [3.8, 4) is 5.75 Å². The van der Waals surface area contributed by atoms with E-state index in [9.17, 15) is 29.4 Å². The number of nitrogens with one attached hydrogen (secondary N) is 2. The Morgan fingerprint density at radius 3 is 2.24 bits per heavy atom. The van der Waals surface area contributed by atoms with Crippen LogP contribution < -0.4 is 10.6 Å². The van der Waals surface area contributed by atoms with Crippen LogP contribution in [-0.2, 0) is 23.9 Å². The van der Waals surface area contributed by atoms with Crippen molar-refractivity contribution in [2.75, 3.05) is 20.3 Å². The number of aromatic hydroxyl groups is 1. The number of aliphatic hydroxyl groups is 1. The molecule has 0 spiro atoms. The number of hydrogen-bond donors (Lipinski definition) is 4. The van der Waals surface area contributed by atoms with Crippen molar-refractivity contribution >= 4 is 23.9 Å². The number of nitrogens with zero attached hydrogens (tertiary/aromatic N) is 1. The first-order valence-corrected chi connectivity index (χ1v) is 10.8. The van der Waals surface area contributed by atoms with E-state index in [0.29, 0.717) is 11.1 Å². The van der Waals surface area contributed by atoms with Crippen molar-refractivity contribution in [1.29, 1.82) is 0 Å². The second kappa shape index (κ2) is 12.2. The highest BCUT2D eigenvalue weighted by Crippen LogP contribution is 2.28. The van der Waals surface area contributed by atoms with Gasteiger partial charge in [0.2, 0.25) is 11.8 Å². The number of carbonyl (C=O) groups is 4. The molecular formula is C23H35N3O8. The average molecular weight is 482 g/mol. The molecule has 2 atom stereocenters. The van der Waals surface area contributed by atoms with Gasteiger partial charge >= 0.3 is 12.1 Å². The molecule has 0 aliphatic heterocycles. The number of esters is 1. The summed E-state index contributed by atoms with van der Waals surface area (Å²) in [6.45, 7) is 8.73. The van der Waals surface area contributed by atoms with Crippen LogP contribution in [0.5, 0.6) is 5.75 Å². The minimum atomic E-state index is -1.40. The molecule has 0 aromatic heterocycles. The number of benzene rings is 1. The van der Waals surface area contributed by atoms with E-state index < -0.39 is 60.8 Å². The maximum Gasteiger partial charge on any atom is 0.408 e. The fourth-order valence-electron chi connectivity index (χ4n) is 3.11. The number of ether oxygens (including phenoxy) is 2. The molecule has 0 radical (unpaired) electrons. The minimum absolute atomic E-state index is 0.000260. The van der Waals surface area contributed by atoms with Crippen LogP contribution in [0.2, 0.25) is 0 Å². The van der Waals surface area contributed by atoms with E-state index >= 15 is 0 Å². The van der Waals surface area contributed by atoms with E-state index in [-0.39, 0.29) is 5.75 Å². The summed E-state index contributed by atoms with van der Waals surface area (Å²) < 4.78 is 9.72. The van der Waals surface area contributed by atoms with Crippen molar-refractivity contribution in [3.05, 3.63) is 29.3 Å². The lowest BCUT2D eigenvalue weighted by atomic mass is 9.99. The maximum atomic E-state index is 13.5. The third-order valence-electron chi connectivity index (χ3n) is 4.68. The van der Waals surface area contributed by atoms with Gasteiger partial charge in [0.15, 0.2) is 0 Å². The molecule has 0 bridgehead atoms. The number of carbonyl (C=O) groups excluding carboxylic acids is 4. The molecular weight excluding hydrogens is 446 g/mol. The van der Waals surface area contributed by atoms with Crippen molar-refractivity contribution in [2.24, 2.45) is 0 Å². The molecule has 0 saturated carbocycles. The van der Waals surface area contributed by atoms with Crippen LogP contribution in [0.15, 0.2) is 18.2 Å². The van der Waals surface area contributed by atoms with Crippen LogP contribution in [-0.4, -0.2) is 76.9 Å². The highest BCUT2D eigenvalue weighted by atomic mass is 16.6. The Morgan fingerprint density at radius 1 is 1.15 bits per heavy atom. The van der Waals surface area contributed by atoms with Crippen LogP contribution >= 0.6 is 0 Å². The van der Waals surface area contributed by atoms with E-state index in [1.165, 1.54) is 30.2 Å². The van der Waals surface area contributed by atoms with Crippen LogP contribution in [0.4, 0.5) is 4.79 Å². The number of aliphatic hydroxyl groups excluding tert-OH is 1. The normalized spacial score (nSPS) is 13.0. The maximum absolute atomic E-state index is 13.5. The highest BCUT2D eigenvalue weighted by molar-refractivity contribution is 5.93. The molecule has 0 fully saturated rings. The number of hydrogen-bond acceptors (Lipinski definition) is 8. The van der Waals surface area contributed by atoms with Gasteiger partial charge < -0.3 is 35.2 Å². The van der Waals surface area contributed by atoms with Gasteiger partial charge in [-0.2, -0.15) is 0 Å². The number of aryl methyl sites for hydroxylation is 1. The molecule has 0 heterocycles. The summed E-state index contributed by atoms with van der Waals surface area (Å²) in [5.74, 6) is -2.12. The van der Waals surface area contributed by atoms with E-state index in [4.69, 9.17) is 4.74 Å². The van der Waals surface area contributed by atoms with E-state index in [2.05, 4.69) is 15.4 Å². The predicted molar refractivity (Wildman–Crippen MR) is 123 cm³/mol. The molecule has 190 valence electrons. The van der Waals surface area contributed by atoms with Gasteiger partial charge in [0.05, 0.1) is 13.7 Å². The fraction of sp³-hybridized carbons (Fsp3) is 0.565. The fourth-order valence-corrected chi connectivity index (χ4v) is 3.11. The van der Waals surface area contributed by atoms with Crippen molar-refractivity contribution < 1.29 is 38.9 Å². The zero-order chi connectivity index (χ0) is 26.2. The Hall–Kier alpha value is -3.34. The Morgan fingerprint density at radius 2 is 1.76 bits per heavy atom. The summed E-state index contributed by atoms with van der Waals surface area (Å²) in [6, 6.07) is 1.19. The third kappa shape index (κ3) is 8.22. The van der Waals surface area contributed by atoms with Gasteiger partial charge in [-0.3, -0.25) is 14.4 Å². The predicted octanol–water partition coefficient (Wildman–Crippen LogP) is 1.15. The second-order valence-corrected chi connectivity index (χ2v) is 8.96. The van der Waals surface area contributed by atoms with Crippen LogP contribution in [0.25, 0.3) is 0 Å².